The lowest BCUT2D eigenvalue weighted by atomic mass is 10.2. The molecule has 1 aliphatic rings. The van der Waals surface area contributed by atoms with E-state index in [1.807, 2.05) is 4.90 Å². The van der Waals surface area contributed by atoms with E-state index in [-0.39, 0.29) is 5.91 Å². The van der Waals surface area contributed by atoms with Crippen LogP contribution in [0.15, 0.2) is 18.3 Å². The van der Waals surface area contributed by atoms with Crippen molar-refractivity contribution in [3.05, 3.63) is 24.0 Å². The third-order valence-electron chi connectivity index (χ3n) is 2.90. The molecule has 0 saturated carbocycles. The predicted octanol–water partition coefficient (Wildman–Crippen LogP) is 1.68. The van der Waals surface area contributed by atoms with E-state index in [1.165, 1.54) is 12.8 Å². The standard InChI is InChI=1S/C12H17N3O/c13-10-5-6-14-11(9-10)12(16)15-7-3-1-2-4-8-15/h5-6,9H,1-4,7-8H2,(H2,13,14). The van der Waals surface area contributed by atoms with Crippen LogP contribution >= 0.6 is 0 Å². The molecule has 4 heteroatoms. The van der Waals surface area contributed by atoms with E-state index in [0.29, 0.717) is 11.4 Å². The van der Waals surface area contributed by atoms with Gasteiger partial charge in [-0.25, -0.2) is 0 Å². The summed E-state index contributed by atoms with van der Waals surface area (Å²) in [6.07, 6.45) is 6.20. The highest BCUT2D eigenvalue weighted by Crippen LogP contribution is 2.13. The third kappa shape index (κ3) is 2.51. The Bertz CT molecular complexity index is 370. The number of amides is 1. The van der Waals surface area contributed by atoms with Gasteiger partial charge in [-0.15, -0.1) is 0 Å². The summed E-state index contributed by atoms with van der Waals surface area (Å²) in [5.74, 6) is 0.00852. The maximum Gasteiger partial charge on any atom is 0.272 e. The smallest absolute Gasteiger partial charge is 0.272 e. The molecule has 2 rings (SSSR count). The van der Waals surface area contributed by atoms with Crippen molar-refractivity contribution >= 4 is 11.6 Å². The third-order valence-corrected chi connectivity index (χ3v) is 2.90. The van der Waals surface area contributed by atoms with Gasteiger partial charge in [0.15, 0.2) is 0 Å². The first-order valence-electron chi connectivity index (χ1n) is 5.78. The maximum absolute atomic E-state index is 12.1. The summed E-state index contributed by atoms with van der Waals surface area (Å²) in [6.45, 7) is 1.69. The number of pyridine rings is 1. The molecule has 16 heavy (non-hydrogen) atoms. The summed E-state index contributed by atoms with van der Waals surface area (Å²) in [6, 6.07) is 3.34. The van der Waals surface area contributed by atoms with Gasteiger partial charge in [0.1, 0.15) is 5.69 Å². The van der Waals surface area contributed by atoms with Crippen LogP contribution in [0.1, 0.15) is 36.2 Å². The number of rotatable bonds is 1. The summed E-state index contributed by atoms with van der Waals surface area (Å²) in [4.78, 5) is 18.1. The van der Waals surface area contributed by atoms with Crippen LogP contribution in [0.3, 0.4) is 0 Å². The molecular formula is C12H17N3O. The minimum Gasteiger partial charge on any atom is -0.399 e. The second-order valence-corrected chi connectivity index (χ2v) is 4.18. The topological polar surface area (TPSA) is 59.2 Å². The summed E-state index contributed by atoms with van der Waals surface area (Å²) in [5.41, 5.74) is 6.70. The van der Waals surface area contributed by atoms with Crippen molar-refractivity contribution in [2.45, 2.75) is 25.7 Å². The lowest BCUT2D eigenvalue weighted by Gasteiger charge is -2.19. The molecule has 2 heterocycles. The maximum atomic E-state index is 12.1. The van der Waals surface area contributed by atoms with Crippen LogP contribution in [0.2, 0.25) is 0 Å². The van der Waals surface area contributed by atoms with Gasteiger partial charge in [-0.3, -0.25) is 9.78 Å². The zero-order valence-electron chi connectivity index (χ0n) is 9.35. The fraction of sp³-hybridized carbons (Fsp3) is 0.500. The van der Waals surface area contributed by atoms with Crippen LogP contribution in [-0.2, 0) is 0 Å². The van der Waals surface area contributed by atoms with Gasteiger partial charge in [0.05, 0.1) is 0 Å². The van der Waals surface area contributed by atoms with Crippen molar-refractivity contribution in [1.29, 1.82) is 0 Å². The molecule has 0 atom stereocenters. The second kappa shape index (κ2) is 4.96. The Morgan fingerprint density at radius 1 is 1.25 bits per heavy atom. The quantitative estimate of drug-likeness (QED) is 0.781. The van der Waals surface area contributed by atoms with Crippen LogP contribution in [-0.4, -0.2) is 28.9 Å². The van der Waals surface area contributed by atoms with E-state index in [4.69, 9.17) is 5.73 Å². The summed E-state index contributed by atoms with van der Waals surface area (Å²) < 4.78 is 0. The highest BCUT2D eigenvalue weighted by atomic mass is 16.2. The minimum atomic E-state index is 0.00852. The molecule has 1 aromatic rings. The van der Waals surface area contributed by atoms with E-state index in [2.05, 4.69) is 4.98 Å². The van der Waals surface area contributed by atoms with E-state index < -0.39 is 0 Å². The van der Waals surface area contributed by atoms with Crippen molar-refractivity contribution in [1.82, 2.24) is 9.88 Å². The Balaban J connectivity index is 2.11. The minimum absolute atomic E-state index is 0.00852. The van der Waals surface area contributed by atoms with Crippen molar-refractivity contribution in [2.24, 2.45) is 0 Å². The normalized spacial score (nSPS) is 16.9. The molecule has 1 amide bonds. The first-order valence-corrected chi connectivity index (χ1v) is 5.78. The van der Waals surface area contributed by atoms with Crippen LogP contribution in [0.4, 0.5) is 5.69 Å². The van der Waals surface area contributed by atoms with Gasteiger partial charge in [-0.05, 0) is 25.0 Å². The Labute approximate surface area is 95.5 Å². The fourth-order valence-electron chi connectivity index (χ4n) is 2.00. The largest absolute Gasteiger partial charge is 0.399 e. The highest BCUT2D eigenvalue weighted by molar-refractivity contribution is 5.93. The second-order valence-electron chi connectivity index (χ2n) is 4.18. The molecule has 1 aliphatic heterocycles. The Morgan fingerprint density at radius 3 is 2.56 bits per heavy atom. The Hall–Kier alpha value is -1.58. The summed E-state index contributed by atoms with van der Waals surface area (Å²) in [5, 5.41) is 0. The van der Waals surface area contributed by atoms with Gasteiger partial charge < -0.3 is 10.6 Å². The number of likely N-dealkylation sites (tertiary alicyclic amines) is 1. The number of anilines is 1. The molecule has 0 spiro atoms. The van der Waals surface area contributed by atoms with Gasteiger partial charge in [-0.1, -0.05) is 12.8 Å². The Morgan fingerprint density at radius 2 is 1.94 bits per heavy atom. The number of nitrogens with two attached hydrogens (primary N) is 1. The number of hydrogen-bond acceptors (Lipinski definition) is 3. The number of nitrogens with zero attached hydrogens (tertiary/aromatic N) is 2. The van der Waals surface area contributed by atoms with E-state index in [9.17, 15) is 4.79 Å². The molecule has 1 fully saturated rings. The van der Waals surface area contributed by atoms with Crippen LogP contribution in [0, 0.1) is 0 Å². The zero-order valence-corrected chi connectivity index (χ0v) is 9.35. The number of hydrogen-bond donors (Lipinski definition) is 1. The van der Waals surface area contributed by atoms with Gasteiger partial charge in [-0.2, -0.15) is 0 Å². The van der Waals surface area contributed by atoms with Gasteiger partial charge >= 0.3 is 0 Å². The average molecular weight is 219 g/mol. The lowest BCUT2D eigenvalue weighted by Crippen LogP contribution is -2.32. The first kappa shape index (κ1) is 10.9. The SMILES string of the molecule is Nc1ccnc(C(=O)N2CCCCCC2)c1. The summed E-state index contributed by atoms with van der Waals surface area (Å²) >= 11 is 0. The van der Waals surface area contributed by atoms with E-state index in [1.54, 1.807) is 18.3 Å². The fourth-order valence-corrected chi connectivity index (χ4v) is 2.00. The van der Waals surface area contributed by atoms with Crippen molar-refractivity contribution in [3.63, 3.8) is 0 Å². The van der Waals surface area contributed by atoms with Gasteiger partial charge in [0.2, 0.25) is 0 Å². The monoisotopic (exact) mass is 219 g/mol. The number of nitrogen functional groups attached to an aromatic ring is 1. The van der Waals surface area contributed by atoms with E-state index >= 15 is 0 Å². The van der Waals surface area contributed by atoms with Gasteiger partial charge in [0.25, 0.3) is 5.91 Å². The van der Waals surface area contributed by atoms with E-state index in [0.717, 1.165) is 25.9 Å². The predicted molar refractivity (Wildman–Crippen MR) is 63.0 cm³/mol. The molecule has 0 aliphatic carbocycles. The number of carbonyl (C=O) groups excluding carboxylic acids is 1. The van der Waals surface area contributed by atoms with Crippen LogP contribution < -0.4 is 5.73 Å². The van der Waals surface area contributed by atoms with Crippen molar-refractivity contribution in [3.8, 4) is 0 Å². The molecule has 1 aromatic heterocycles. The molecule has 4 nitrogen and oxygen atoms in total. The molecular weight excluding hydrogens is 202 g/mol. The number of carbonyl (C=O) groups is 1. The highest BCUT2D eigenvalue weighted by Gasteiger charge is 2.18. The summed E-state index contributed by atoms with van der Waals surface area (Å²) in [7, 11) is 0. The van der Waals surface area contributed by atoms with Crippen molar-refractivity contribution in [2.75, 3.05) is 18.8 Å². The molecule has 0 aromatic carbocycles. The van der Waals surface area contributed by atoms with Crippen LogP contribution in [0.5, 0.6) is 0 Å². The molecule has 0 radical (unpaired) electrons. The lowest BCUT2D eigenvalue weighted by molar-refractivity contribution is 0.0756. The number of aromatic nitrogens is 1. The average Bonchev–Trinajstić information content (AvgIpc) is 2.56. The van der Waals surface area contributed by atoms with Gasteiger partial charge in [0, 0.05) is 25.0 Å². The van der Waals surface area contributed by atoms with Crippen molar-refractivity contribution < 1.29 is 4.79 Å². The van der Waals surface area contributed by atoms with Crippen LogP contribution in [0.25, 0.3) is 0 Å². The molecule has 2 N–H and O–H groups in total. The molecule has 1 saturated heterocycles. The molecule has 0 bridgehead atoms. The Kier molecular flexibility index (Phi) is 3.39. The zero-order chi connectivity index (χ0) is 11.4. The first-order chi connectivity index (χ1) is 7.77. The molecule has 86 valence electrons. The molecule has 0 unspecified atom stereocenters.